The third-order valence-corrected chi connectivity index (χ3v) is 7.10. The molecule has 0 unspecified atom stereocenters. The molecule has 1 aromatic rings. The van der Waals surface area contributed by atoms with E-state index in [1.807, 2.05) is 35.2 Å². The second kappa shape index (κ2) is 6.87. The van der Waals surface area contributed by atoms with Crippen molar-refractivity contribution in [2.24, 2.45) is 23.7 Å². The van der Waals surface area contributed by atoms with Gasteiger partial charge in [-0.2, -0.15) is 0 Å². The van der Waals surface area contributed by atoms with Crippen LogP contribution in [0.25, 0.3) is 0 Å². The molecule has 1 aromatic carbocycles. The fourth-order valence-electron chi connectivity index (χ4n) is 5.82. The highest BCUT2D eigenvalue weighted by Crippen LogP contribution is 2.52. The van der Waals surface area contributed by atoms with E-state index in [4.69, 9.17) is 0 Å². The van der Waals surface area contributed by atoms with Gasteiger partial charge >= 0.3 is 0 Å². The van der Waals surface area contributed by atoms with E-state index in [-0.39, 0.29) is 54.0 Å². The van der Waals surface area contributed by atoms with E-state index in [9.17, 15) is 14.4 Å². The van der Waals surface area contributed by atoms with Crippen molar-refractivity contribution in [3.05, 3.63) is 42.5 Å². The van der Waals surface area contributed by atoms with Gasteiger partial charge in [0.1, 0.15) is 6.54 Å². The number of carbonyl (C=O) groups is 3. The van der Waals surface area contributed by atoms with Gasteiger partial charge in [0.15, 0.2) is 0 Å². The molecule has 1 aliphatic heterocycles. The number of benzene rings is 1. The molecular weight excluding hydrogens is 352 g/mol. The normalized spacial score (nSPS) is 31.5. The number of rotatable bonds is 4. The van der Waals surface area contributed by atoms with Gasteiger partial charge in [-0.1, -0.05) is 49.6 Å². The van der Waals surface area contributed by atoms with Gasteiger partial charge in [0.25, 0.3) is 0 Å². The fourth-order valence-corrected chi connectivity index (χ4v) is 5.82. The Balaban J connectivity index is 1.38. The van der Waals surface area contributed by atoms with Gasteiger partial charge in [0.2, 0.25) is 17.7 Å². The van der Waals surface area contributed by atoms with Gasteiger partial charge in [0.05, 0.1) is 11.8 Å². The highest BCUT2D eigenvalue weighted by atomic mass is 16.2. The topological polar surface area (TPSA) is 57.7 Å². The zero-order valence-electron chi connectivity index (χ0n) is 16.0. The summed E-state index contributed by atoms with van der Waals surface area (Å²) in [6, 6.07) is 9.83. The Labute approximate surface area is 165 Å². The molecule has 0 spiro atoms. The van der Waals surface area contributed by atoms with Crippen molar-refractivity contribution in [3.63, 3.8) is 0 Å². The van der Waals surface area contributed by atoms with E-state index in [2.05, 4.69) is 12.2 Å². The lowest BCUT2D eigenvalue weighted by molar-refractivity contribution is -0.143. The second-order valence-corrected chi connectivity index (χ2v) is 8.65. The van der Waals surface area contributed by atoms with Gasteiger partial charge in [-0.15, -0.1) is 0 Å². The lowest BCUT2D eigenvalue weighted by Gasteiger charge is -2.35. The van der Waals surface area contributed by atoms with E-state index in [0.29, 0.717) is 0 Å². The zero-order chi connectivity index (χ0) is 19.3. The summed E-state index contributed by atoms with van der Waals surface area (Å²) in [4.78, 5) is 42.4. The van der Waals surface area contributed by atoms with Crippen LogP contribution in [0.3, 0.4) is 0 Å². The fraction of sp³-hybridized carbons (Fsp3) is 0.522. The molecule has 0 N–H and O–H groups in total. The maximum absolute atomic E-state index is 13.4. The molecular formula is C23H26N2O3. The summed E-state index contributed by atoms with van der Waals surface area (Å²) in [6.07, 6.45) is 10.5. The number of likely N-dealkylation sites (tertiary alicyclic amines) is 1. The Bertz CT molecular complexity index is 798. The molecule has 1 saturated heterocycles. The molecule has 3 aliphatic carbocycles. The van der Waals surface area contributed by atoms with Crippen LogP contribution in [-0.4, -0.2) is 35.2 Å². The quantitative estimate of drug-likeness (QED) is 0.597. The first-order valence-corrected chi connectivity index (χ1v) is 10.6. The monoisotopic (exact) mass is 378 g/mol. The van der Waals surface area contributed by atoms with E-state index >= 15 is 0 Å². The second-order valence-electron chi connectivity index (χ2n) is 8.65. The molecule has 3 amide bonds. The van der Waals surface area contributed by atoms with Crippen molar-refractivity contribution in [2.45, 2.75) is 44.6 Å². The minimum atomic E-state index is -0.241. The molecule has 2 saturated carbocycles. The Morgan fingerprint density at radius 3 is 2.14 bits per heavy atom. The smallest absolute Gasteiger partial charge is 0.247 e. The lowest BCUT2D eigenvalue weighted by Crippen LogP contribution is -2.48. The summed E-state index contributed by atoms with van der Waals surface area (Å²) < 4.78 is 0. The molecule has 5 rings (SSSR count). The third kappa shape index (κ3) is 2.71. The molecule has 4 aliphatic rings. The zero-order valence-corrected chi connectivity index (χ0v) is 16.0. The Morgan fingerprint density at radius 2 is 1.54 bits per heavy atom. The van der Waals surface area contributed by atoms with Crippen molar-refractivity contribution in [1.82, 2.24) is 4.90 Å². The number of hydrogen-bond donors (Lipinski definition) is 0. The Morgan fingerprint density at radius 1 is 0.929 bits per heavy atom. The summed E-state index contributed by atoms with van der Waals surface area (Å²) in [7, 11) is 0. The first kappa shape index (κ1) is 17.7. The minimum Gasteiger partial charge on any atom is -0.308 e. The SMILES string of the molecule is O=C1[C@H]2[C@H](C(=O)N1CC(=O)N(c1ccccc1)C1CCCCC1)[C@H]1C=C[C@H]2C1. The molecule has 5 heteroatoms. The summed E-state index contributed by atoms with van der Waals surface area (Å²) in [5.41, 5.74) is 0.862. The number of carbonyl (C=O) groups excluding carboxylic acids is 3. The first-order valence-electron chi connectivity index (χ1n) is 10.6. The number of anilines is 1. The predicted molar refractivity (Wildman–Crippen MR) is 105 cm³/mol. The third-order valence-electron chi connectivity index (χ3n) is 7.10. The molecule has 1 heterocycles. The molecule has 5 nitrogen and oxygen atoms in total. The predicted octanol–water partition coefficient (Wildman–Crippen LogP) is 3.16. The van der Waals surface area contributed by atoms with Crippen molar-refractivity contribution >= 4 is 23.4 Å². The highest BCUT2D eigenvalue weighted by Gasteiger charge is 2.59. The number of imide groups is 1. The first-order chi connectivity index (χ1) is 13.6. The van der Waals surface area contributed by atoms with Gasteiger partial charge in [-0.05, 0) is 43.2 Å². The maximum Gasteiger partial charge on any atom is 0.247 e. The minimum absolute atomic E-state index is 0.129. The van der Waals surface area contributed by atoms with Crippen molar-refractivity contribution in [1.29, 1.82) is 0 Å². The maximum atomic E-state index is 13.4. The van der Waals surface area contributed by atoms with Gasteiger partial charge in [0, 0.05) is 11.7 Å². The molecule has 3 fully saturated rings. The van der Waals surface area contributed by atoms with Crippen LogP contribution in [0, 0.1) is 23.7 Å². The summed E-state index contributed by atoms with van der Waals surface area (Å²) in [5, 5.41) is 0. The van der Waals surface area contributed by atoms with E-state index < -0.39 is 0 Å². The van der Waals surface area contributed by atoms with Crippen LogP contribution in [0.15, 0.2) is 42.5 Å². The summed E-state index contributed by atoms with van der Waals surface area (Å²) >= 11 is 0. The van der Waals surface area contributed by atoms with Crippen LogP contribution in [0.2, 0.25) is 0 Å². The number of amides is 3. The summed E-state index contributed by atoms with van der Waals surface area (Å²) in [6.45, 7) is -0.129. The molecule has 28 heavy (non-hydrogen) atoms. The van der Waals surface area contributed by atoms with E-state index in [1.165, 1.54) is 11.3 Å². The summed E-state index contributed by atoms with van der Waals surface area (Å²) in [5.74, 6) is -0.552. The van der Waals surface area contributed by atoms with Crippen molar-refractivity contribution in [2.75, 3.05) is 11.4 Å². The van der Waals surface area contributed by atoms with Crippen LogP contribution in [0.4, 0.5) is 5.69 Å². The number of allylic oxidation sites excluding steroid dienone is 2. The van der Waals surface area contributed by atoms with Crippen LogP contribution in [-0.2, 0) is 14.4 Å². The van der Waals surface area contributed by atoms with Gasteiger partial charge in [-0.3, -0.25) is 19.3 Å². The van der Waals surface area contributed by atoms with E-state index in [0.717, 1.165) is 37.8 Å². The van der Waals surface area contributed by atoms with Crippen LogP contribution < -0.4 is 4.90 Å². The van der Waals surface area contributed by atoms with Crippen LogP contribution in [0.5, 0.6) is 0 Å². The van der Waals surface area contributed by atoms with Gasteiger partial charge in [-0.25, -0.2) is 0 Å². The average Bonchev–Trinajstić information content (AvgIpc) is 3.40. The largest absolute Gasteiger partial charge is 0.308 e. The number of fused-ring (bicyclic) bond motifs is 5. The number of nitrogens with zero attached hydrogens (tertiary/aromatic N) is 2. The van der Waals surface area contributed by atoms with Crippen LogP contribution >= 0.6 is 0 Å². The van der Waals surface area contributed by atoms with Crippen LogP contribution in [0.1, 0.15) is 38.5 Å². The lowest BCUT2D eigenvalue weighted by atomic mass is 9.85. The van der Waals surface area contributed by atoms with Crippen molar-refractivity contribution in [3.8, 4) is 0 Å². The van der Waals surface area contributed by atoms with Crippen molar-refractivity contribution < 1.29 is 14.4 Å². The Kier molecular flexibility index (Phi) is 4.33. The molecule has 2 bridgehead atoms. The number of para-hydroxylation sites is 1. The molecule has 146 valence electrons. The molecule has 4 atom stereocenters. The highest BCUT2D eigenvalue weighted by molar-refractivity contribution is 6.10. The Hall–Kier alpha value is -2.43. The van der Waals surface area contributed by atoms with Gasteiger partial charge < -0.3 is 4.90 Å². The standard InChI is InChI=1S/C23H26N2O3/c26-19(25(17-7-3-1-4-8-17)18-9-5-2-6-10-18)14-24-22(27)20-15-11-12-16(13-15)21(20)23(24)28/h1,3-4,7-8,11-12,15-16,18,20-21H,2,5-6,9-10,13-14H2/t15-,16-,20+,21+/m0/s1. The molecule has 0 aromatic heterocycles. The average molecular weight is 378 g/mol. The molecule has 0 radical (unpaired) electrons. The number of hydrogen-bond acceptors (Lipinski definition) is 3. The van der Waals surface area contributed by atoms with E-state index in [1.54, 1.807) is 0 Å².